The van der Waals surface area contributed by atoms with Crippen LogP contribution in [0.5, 0.6) is 5.75 Å². The fourth-order valence-electron chi connectivity index (χ4n) is 3.05. The molecule has 138 valence electrons. The first-order valence-electron chi connectivity index (χ1n) is 8.19. The number of aryl methyl sites for hydroxylation is 2. The van der Waals surface area contributed by atoms with Crippen molar-refractivity contribution in [3.05, 3.63) is 28.3 Å². The predicted octanol–water partition coefficient (Wildman–Crippen LogP) is 2.41. The fourth-order valence-corrected chi connectivity index (χ4v) is 3.16. The van der Waals surface area contributed by atoms with Crippen LogP contribution in [0.3, 0.4) is 0 Å². The predicted molar refractivity (Wildman–Crippen MR) is 94.0 cm³/mol. The second-order valence-corrected chi connectivity index (χ2v) is 7.41. The number of benzene rings is 1. The Morgan fingerprint density at radius 1 is 1.28 bits per heavy atom. The van der Waals surface area contributed by atoms with E-state index in [9.17, 15) is 19.8 Å². The Bertz CT molecular complexity index is 665. The largest absolute Gasteiger partial charge is 0.481 e. The van der Waals surface area contributed by atoms with Crippen molar-refractivity contribution in [3.8, 4) is 5.75 Å². The van der Waals surface area contributed by atoms with Crippen LogP contribution in [0.1, 0.15) is 31.4 Å². The van der Waals surface area contributed by atoms with Crippen LogP contribution in [0.2, 0.25) is 5.02 Å². The van der Waals surface area contributed by atoms with Gasteiger partial charge >= 0.3 is 5.97 Å². The SMILES string of the molecule is Cc1cc(OC(C)(C)C(=O)N2CC[C@@H](O)[C@@H](C(=O)O)C2)cc(C)c1Cl. The molecule has 0 aliphatic carbocycles. The van der Waals surface area contributed by atoms with E-state index in [1.165, 1.54) is 4.90 Å². The van der Waals surface area contributed by atoms with Crippen molar-refractivity contribution < 1.29 is 24.5 Å². The summed E-state index contributed by atoms with van der Waals surface area (Å²) >= 11 is 6.15. The first-order chi connectivity index (χ1) is 11.5. The van der Waals surface area contributed by atoms with Crippen LogP contribution in [-0.2, 0) is 9.59 Å². The summed E-state index contributed by atoms with van der Waals surface area (Å²) in [7, 11) is 0. The highest BCUT2D eigenvalue weighted by Gasteiger charge is 2.40. The highest BCUT2D eigenvalue weighted by atomic mass is 35.5. The normalized spacial score (nSPS) is 21.1. The second-order valence-electron chi connectivity index (χ2n) is 7.04. The third-order valence-electron chi connectivity index (χ3n) is 4.48. The lowest BCUT2D eigenvalue weighted by molar-refractivity contribution is -0.156. The van der Waals surface area contributed by atoms with Crippen LogP contribution in [0.4, 0.5) is 0 Å². The highest BCUT2D eigenvalue weighted by molar-refractivity contribution is 6.32. The standard InChI is InChI=1S/C18H24ClNO5/c1-10-7-12(8-11(2)15(10)19)25-18(3,4)17(24)20-6-5-14(21)13(9-20)16(22)23/h7-8,13-14,21H,5-6,9H2,1-4H3,(H,22,23)/t13-,14+/m0/s1. The van der Waals surface area contributed by atoms with Crippen molar-refractivity contribution in [2.45, 2.75) is 45.8 Å². The van der Waals surface area contributed by atoms with Gasteiger partial charge in [-0.2, -0.15) is 0 Å². The smallest absolute Gasteiger partial charge is 0.310 e. The van der Waals surface area contributed by atoms with Gasteiger partial charge in [-0.1, -0.05) is 11.6 Å². The molecule has 1 aliphatic heterocycles. The Kier molecular flexibility index (Phi) is 5.64. The van der Waals surface area contributed by atoms with Crippen molar-refractivity contribution in [2.24, 2.45) is 5.92 Å². The number of piperidine rings is 1. The monoisotopic (exact) mass is 369 g/mol. The van der Waals surface area contributed by atoms with Crippen LogP contribution in [-0.4, -0.2) is 51.8 Å². The molecular formula is C18H24ClNO5. The lowest BCUT2D eigenvalue weighted by Gasteiger charge is -2.38. The van der Waals surface area contributed by atoms with Crippen LogP contribution < -0.4 is 4.74 Å². The molecule has 1 heterocycles. The average Bonchev–Trinajstić information content (AvgIpc) is 2.51. The van der Waals surface area contributed by atoms with E-state index < -0.39 is 23.6 Å². The third-order valence-corrected chi connectivity index (χ3v) is 5.07. The molecule has 0 saturated carbocycles. The van der Waals surface area contributed by atoms with Gasteiger partial charge in [0, 0.05) is 18.1 Å². The molecule has 1 aromatic carbocycles. The van der Waals surface area contributed by atoms with Gasteiger partial charge in [0.15, 0.2) is 5.60 Å². The van der Waals surface area contributed by atoms with E-state index in [2.05, 4.69) is 0 Å². The van der Waals surface area contributed by atoms with Crippen LogP contribution in [0.15, 0.2) is 12.1 Å². The molecule has 0 radical (unpaired) electrons. The summed E-state index contributed by atoms with van der Waals surface area (Å²) in [5.74, 6) is -1.86. The second kappa shape index (κ2) is 7.22. The Morgan fingerprint density at radius 2 is 1.84 bits per heavy atom. The molecule has 1 amide bonds. The number of aliphatic hydroxyl groups excluding tert-OH is 1. The first kappa shape index (κ1) is 19.5. The van der Waals surface area contributed by atoms with E-state index in [4.69, 9.17) is 16.3 Å². The summed E-state index contributed by atoms with van der Waals surface area (Å²) in [5.41, 5.74) is 0.539. The number of amides is 1. The Labute approximate surface area is 152 Å². The number of carboxylic acid groups (broad SMARTS) is 1. The molecule has 6 nitrogen and oxygen atoms in total. The van der Waals surface area contributed by atoms with Gasteiger partial charge in [-0.25, -0.2) is 0 Å². The molecule has 2 rings (SSSR count). The third kappa shape index (κ3) is 4.25. The zero-order valence-corrected chi connectivity index (χ0v) is 15.6. The number of aliphatic carboxylic acids is 1. The number of carboxylic acids is 1. The lowest BCUT2D eigenvalue weighted by Crippen LogP contribution is -2.55. The minimum Gasteiger partial charge on any atom is -0.481 e. The number of hydrogen-bond acceptors (Lipinski definition) is 4. The van der Waals surface area contributed by atoms with Crippen LogP contribution in [0, 0.1) is 19.8 Å². The molecule has 0 bridgehead atoms. The highest BCUT2D eigenvalue weighted by Crippen LogP contribution is 2.29. The quantitative estimate of drug-likeness (QED) is 0.851. The number of carbonyl (C=O) groups excluding carboxylic acids is 1. The minimum atomic E-state index is -1.17. The van der Waals surface area contributed by atoms with E-state index in [-0.39, 0.29) is 18.9 Å². The molecule has 7 heteroatoms. The van der Waals surface area contributed by atoms with Crippen LogP contribution in [0.25, 0.3) is 0 Å². The number of aliphatic hydroxyl groups is 1. The molecule has 1 aromatic rings. The molecule has 1 aliphatic rings. The number of halogens is 1. The maximum absolute atomic E-state index is 12.8. The number of likely N-dealkylation sites (tertiary alicyclic amines) is 1. The van der Waals surface area contributed by atoms with Crippen molar-refractivity contribution in [3.63, 3.8) is 0 Å². The molecule has 2 N–H and O–H groups in total. The summed E-state index contributed by atoms with van der Waals surface area (Å²) in [6.07, 6.45) is -0.704. The Morgan fingerprint density at radius 3 is 2.36 bits per heavy atom. The van der Waals surface area contributed by atoms with Gasteiger partial charge in [0.1, 0.15) is 11.7 Å². The van der Waals surface area contributed by atoms with Crippen molar-refractivity contribution in [1.82, 2.24) is 4.90 Å². The number of nitrogens with zero attached hydrogens (tertiary/aromatic N) is 1. The topological polar surface area (TPSA) is 87.1 Å². The van der Waals surface area contributed by atoms with E-state index >= 15 is 0 Å². The number of rotatable bonds is 4. The van der Waals surface area contributed by atoms with Gasteiger partial charge in [0.25, 0.3) is 5.91 Å². The maximum atomic E-state index is 12.8. The first-order valence-corrected chi connectivity index (χ1v) is 8.56. The van der Waals surface area contributed by atoms with E-state index in [0.717, 1.165) is 11.1 Å². The summed E-state index contributed by atoms with van der Waals surface area (Å²) in [5, 5.41) is 19.7. The summed E-state index contributed by atoms with van der Waals surface area (Å²) in [4.78, 5) is 25.5. The molecule has 0 spiro atoms. The molecule has 0 aromatic heterocycles. The fraction of sp³-hybridized carbons (Fsp3) is 0.556. The van der Waals surface area contributed by atoms with Crippen molar-refractivity contribution >= 4 is 23.5 Å². The van der Waals surface area contributed by atoms with Gasteiger partial charge in [-0.15, -0.1) is 0 Å². The Balaban J connectivity index is 2.16. The summed E-state index contributed by atoms with van der Waals surface area (Å²) < 4.78 is 5.90. The van der Waals surface area contributed by atoms with Gasteiger partial charge < -0.3 is 19.8 Å². The molecule has 1 saturated heterocycles. The lowest BCUT2D eigenvalue weighted by atomic mass is 9.93. The molecule has 0 unspecified atom stereocenters. The maximum Gasteiger partial charge on any atom is 0.310 e. The van der Waals surface area contributed by atoms with Gasteiger partial charge in [0.2, 0.25) is 0 Å². The summed E-state index contributed by atoms with van der Waals surface area (Å²) in [6, 6.07) is 3.54. The van der Waals surface area contributed by atoms with Gasteiger partial charge in [0.05, 0.1) is 6.10 Å². The van der Waals surface area contributed by atoms with Gasteiger partial charge in [-0.05, 0) is 57.4 Å². The van der Waals surface area contributed by atoms with E-state index in [0.29, 0.717) is 17.3 Å². The molecular weight excluding hydrogens is 346 g/mol. The molecule has 1 fully saturated rings. The van der Waals surface area contributed by atoms with E-state index in [1.54, 1.807) is 26.0 Å². The Hall–Kier alpha value is -1.79. The van der Waals surface area contributed by atoms with Crippen LogP contribution >= 0.6 is 11.6 Å². The van der Waals surface area contributed by atoms with Crippen molar-refractivity contribution in [2.75, 3.05) is 13.1 Å². The molecule has 25 heavy (non-hydrogen) atoms. The zero-order valence-electron chi connectivity index (χ0n) is 14.9. The summed E-state index contributed by atoms with van der Waals surface area (Å²) in [6.45, 7) is 7.29. The van der Waals surface area contributed by atoms with Crippen molar-refractivity contribution in [1.29, 1.82) is 0 Å². The average molecular weight is 370 g/mol. The minimum absolute atomic E-state index is 0.0270. The number of ether oxygens (including phenoxy) is 1. The zero-order chi connectivity index (χ0) is 18.9. The molecule has 2 atom stereocenters. The van der Waals surface area contributed by atoms with E-state index in [1.807, 2.05) is 13.8 Å². The number of carbonyl (C=O) groups is 2. The number of hydrogen-bond donors (Lipinski definition) is 2. The van der Waals surface area contributed by atoms with Gasteiger partial charge in [-0.3, -0.25) is 9.59 Å².